The van der Waals surface area contributed by atoms with Crippen molar-refractivity contribution in [2.45, 2.75) is 13.3 Å². The van der Waals surface area contributed by atoms with Gasteiger partial charge in [0.2, 0.25) is 0 Å². The highest BCUT2D eigenvalue weighted by atomic mass is 32.2. The maximum absolute atomic E-state index is 13.6. The first-order chi connectivity index (χ1) is 8.69. The number of hydrogen-bond donors (Lipinski definition) is 1. The Morgan fingerprint density at radius 1 is 1.50 bits per heavy atom. The van der Waals surface area contributed by atoms with E-state index in [0.29, 0.717) is 12.3 Å². The molecule has 1 rings (SSSR count). The lowest BCUT2D eigenvalue weighted by atomic mass is 10.2. The molecule has 1 aromatic rings. The third-order valence-electron chi connectivity index (χ3n) is 2.38. The summed E-state index contributed by atoms with van der Waals surface area (Å²) in [5.74, 6) is 1.54. The summed E-state index contributed by atoms with van der Waals surface area (Å²) in [4.78, 5) is 11.7. The Balaban J connectivity index is 2.46. The van der Waals surface area contributed by atoms with Crippen LogP contribution in [0, 0.1) is 5.82 Å². The molecule has 1 N–H and O–H groups in total. The van der Waals surface area contributed by atoms with Crippen LogP contribution in [0.4, 0.5) is 4.39 Å². The maximum atomic E-state index is 13.6. The van der Waals surface area contributed by atoms with Gasteiger partial charge in [0.25, 0.3) is 5.91 Å². The molecule has 0 aliphatic heterocycles. The molecule has 1 amide bonds. The smallest absolute Gasteiger partial charge is 0.254 e. The summed E-state index contributed by atoms with van der Waals surface area (Å²) in [5.41, 5.74) is 0.0546. The zero-order chi connectivity index (χ0) is 13.4. The fraction of sp³-hybridized carbons (Fsp3) is 0.462. The summed E-state index contributed by atoms with van der Waals surface area (Å²) in [6, 6.07) is 4.22. The molecule has 5 heteroatoms. The van der Waals surface area contributed by atoms with Crippen LogP contribution in [0.1, 0.15) is 23.7 Å². The van der Waals surface area contributed by atoms with Gasteiger partial charge in [-0.05, 0) is 30.1 Å². The molecule has 0 radical (unpaired) electrons. The van der Waals surface area contributed by atoms with Crippen LogP contribution in [0.5, 0.6) is 5.75 Å². The van der Waals surface area contributed by atoms with Crippen LogP contribution in [0.15, 0.2) is 18.2 Å². The zero-order valence-corrected chi connectivity index (χ0v) is 11.5. The fourth-order valence-electron chi connectivity index (χ4n) is 1.42. The summed E-state index contributed by atoms with van der Waals surface area (Å²) in [5, 5.41) is 2.70. The van der Waals surface area contributed by atoms with Gasteiger partial charge in [-0.25, -0.2) is 4.39 Å². The number of carbonyl (C=O) groups is 1. The maximum Gasteiger partial charge on any atom is 0.254 e. The van der Waals surface area contributed by atoms with Crippen LogP contribution >= 0.6 is 11.8 Å². The van der Waals surface area contributed by atoms with Crippen molar-refractivity contribution in [3.05, 3.63) is 29.6 Å². The van der Waals surface area contributed by atoms with Crippen molar-refractivity contribution in [3.63, 3.8) is 0 Å². The van der Waals surface area contributed by atoms with E-state index in [1.54, 1.807) is 6.07 Å². The molecule has 0 saturated carbocycles. The monoisotopic (exact) mass is 271 g/mol. The van der Waals surface area contributed by atoms with Gasteiger partial charge in [0.15, 0.2) is 0 Å². The Morgan fingerprint density at radius 2 is 2.28 bits per heavy atom. The molecule has 0 bridgehead atoms. The number of halogens is 1. The van der Waals surface area contributed by atoms with E-state index in [-0.39, 0.29) is 11.5 Å². The summed E-state index contributed by atoms with van der Waals surface area (Å²) >= 11 is 1.82. The Labute approximate surface area is 111 Å². The van der Waals surface area contributed by atoms with Gasteiger partial charge in [-0.2, -0.15) is 11.8 Å². The predicted octanol–water partition coefficient (Wildman–Crippen LogP) is 2.71. The van der Waals surface area contributed by atoms with Gasteiger partial charge in [-0.15, -0.1) is 0 Å². The minimum atomic E-state index is -0.560. The number of nitrogens with one attached hydrogen (secondary N) is 1. The minimum absolute atomic E-state index is 0.0546. The Bertz CT molecular complexity index is 399. The molecule has 100 valence electrons. The second-order valence-electron chi connectivity index (χ2n) is 3.65. The lowest BCUT2D eigenvalue weighted by Gasteiger charge is -2.07. The molecule has 0 saturated heterocycles. The Kier molecular flexibility index (Phi) is 6.57. The van der Waals surface area contributed by atoms with Gasteiger partial charge in [0.05, 0.1) is 12.7 Å². The summed E-state index contributed by atoms with van der Waals surface area (Å²) in [6.07, 6.45) is 0.891. The largest absolute Gasteiger partial charge is 0.497 e. The van der Waals surface area contributed by atoms with Crippen LogP contribution < -0.4 is 10.1 Å². The summed E-state index contributed by atoms with van der Waals surface area (Å²) in [6.45, 7) is 2.66. The van der Waals surface area contributed by atoms with Crippen molar-refractivity contribution < 1.29 is 13.9 Å². The molecule has 0 heterocycles. The molecule has 0 unspecified atom stereocenters. The van der Waals surface area contributed by atoms with E-state index in [1.807, 2.05) is 11.8 Å². The summed E-state index contributed by atoms with van der Waals surface area (Å²) < 4.78 is 18.5. The van der Waals surface area contributed by atoms with Gasteiger partial charge in [0.1, 0.15) is 11.6 Å². The molecular formula is C13H18FNO2S. The lowest BCUT2D eigenvalue weighted by molar-refractivity contribution is 0.0949. The van der Waals surface area contributed by atoms with Crippen LogP contribution in [0.25, 0.3) is 0 Å². The SMILES string of the molecule is CCSCCCNC(=O)c1ccc(OC)cc1F. The van der Waals surface area contributed by atoms with Gasteiger partial charge in [-0.3, -0.25) is 4.79 Å². The topological polar surface area (TPSA) is 38.3 Å². The van der Waals surface area contributed by atoms with Gasteiger partial charge >= 0.3 is 0 Å². The standard InChI is InChI=1S/C13H18FNO2S/c1-3-18-8-4-7-15-13(16)11-6-5-10(17-2)9-12(11)14/h5-6,9H,3-4,7-8H2,1-2H3,(H,15,16). The van der Waals surface area contributed by atoms with Crippen molar-refractivity contribution in [2.24, 2.45) is 0 Å². The highest BCUT2D eigenvalue weighted by Gasteiger charge is 2.11. The first-order valence-corrected chi connectivity index (χ1v) is 7.04. The van der Waals surface area contributed by atoms with Crippen LogP contribution in [0.3, 0.4) is 0 Å². The summed E-state index contributed by atoms with van der Waals surface area (Å²) in [7, 11) is 1.46. The predicted molar refractivity (Wildman–Crippen MR) is 72.9 cm³/mol. The number of carbonyl (C=O) groups excluding carboxylic acids is 1. The molecule has 18 heavy (non-hydrogen) atoms. The third kappa shape index (κ3) is 4.56. The van der Waals surface area contributed by atoms with Crippen LogP contribution in [0.2, 0.25) is 0 Å². The molecule has 0 aliphatic carbocycles. The van der Waals surface area contributed by atoms with Gasteiger partial charge in [-0.1, -0.05) is 6.92 Å². The second-order valence-corrected chi connectivity index (χ2v) is 5.05. The zero-order valence-electron chi connectivity index (χ0n) is 10.7. The van der Waals surface area contributed by atoms with Crippen molar-refractivity contribution in [3.8, 4) is 5.75 Å². The highest BCUT2D eigenvalue weighted by Crippen LogP contribution is 2.16. The molecule has 0 fully saturated rings. The van der Waals surface area contributed by atoms with Crippen molar-refractivity contribution >= 4 is 17.7 Å². The average Bonchev–Trinajstić information content (AvgIpc) is 2.38. The minimum Gasteiger partial charge on any atom is -0.497 e. The van der Waals surface area contributed by atoms with Crippen molar-refractivity contribution in [1.29, 1.82) is 0 Å². The number of thioether (sulfide) groups is 1. The number of amides is 1. The molecule has 0 atom stereocenters. The molecule has 3 nitrogen and oxygen atoms in total. The number of methoxy groups -OCH3 is 1. The quantitative estimate of drug-likeness (QED) is 0.775. The van der Waals surface area contributed by atoms with Crippen LogP contribution in [-0.4, -0.2) is 31.1 Å². The molecule has 1 aromatic carbocycles. The van der Waals surface area contributed by atoms with Crippen molar-refractivity contribution in [2.75, 3.05) is 25.2 Å². The Hall–Kier alpha value is -1.23. The van der Waals surface area contributed by atoms with E-state index in [9.17, 15) is 9.18 Å². The van der Waals surface area contributed by atoms with E-state index in [4.69, 9.17) is 4.74 Å². The Morgan fingerprint density at radius 3 is 2.89 bits per heavy atom. The number of rotatable bonds is 7. The van der Waals surface area contributed by atoms with Crippen LogP contribution in [-0.2, 0) is 0 Å². The number of benzene rings is 1. The molecule has 0 spiro atoms. The van der Waals surface area contributed by atoms with E-state index in [1.165, 1.54) is 19.2 Å². The molecular weight excluding hydrogens is 253 g/mol. The normalized spacial score (nSPS) is 10.2. The average molecular weight is 271 g/mol. The lowest BCUT2D eigenvalue weighted by Crippen LogP contribution is -2.25. The van der Waals surface area contributed by atoms with E-state index in [0.717, 1.165) is 17.9 Å². The van der Waals surface area contributed by atoms with E-state index in [2.05, 4.69) is 12.2 Å². The second kappa shape index (κ2) is 7.97. The number of hydrogen-bond acceptors (Lipinski definition) is 3. The number of ether oxygens (including phenoxy) is 1. The first kappa shape index (κ1) is 14.8. The molecule has 0 aromatic heterocycles. The van der Waals surface area contributed by atoms with Gasteiger partial charge in [0, 0.05) is 12.6 Å². The highest BCUT2D eigenvalue weighted by molar-refractivity contribution is 7.99. The molecule has 0 aliphatic rings. The van der Waals surface area contributed by atoms with E-state index >= 15 is 0 Å². The third-order valence-corrected chi connectivity index (χ3v) is 3.36. The van der Waals surface area contributed by atoms with Crippen molar-refractivity contribution in [1.82, 2.24) is 5.32 Å². The first-order valence-electron chi connectivity index (χ1n) is 5.88. The van der Waals surface area contributed by atoms with E-state index < -0.39 is 5.82 Å². The van der Waals surface area contributed by atoms with Gasteiger partial charge < -0.3 is 10.1 Å². The fourth-order valence-corrected chi connectivity index (χ4v) is 2.06.